The number of hydrogen-bond donors (Lipinski definition) is 1. The lowest BCUT2D eigenvalue weighted by molar-refractivity contribution is -0.120. The Bertz CT molecular complexity index is 485. The zero-order chi connectivity index (χ0) is 15.2. The van der Waals surface area contributed by atoms with Crippen LogP contribution < -0.4 is 5.32 Å². The molecule has 1 fully saturated rings. The molecule has 116 valence electrons. The monoisotopic (exact) mass is 296 g/mol. The zero-order valence-corrected chi connectivity index (χ0v) is 12.4. The van der Waals surface area contributed by atoms with Crippen molar-refractivity contribution >= 4 is 11.6 Å². The molecule has 1 amide bonds. The molecule has 0 saturated carbocycles. The molecule has 0 aromatic heterocycles. The molecule has 21 heavy (non-hydrogen) atoms. The average Bonchev–Trinajstić information content (AvgIpc) is 2.42. The van der Waals surface area contributed by atoms with Crippen molar-refractivity contribution in [3.63, 3.8) is 0 Å². The molecule has 1 saturated heterocycles. The summed E-state index contributed by atoms with van der Waals surface area (Å²) in [5, 5.41) is 2.66. The van der Waals surface area contributed by atoms with Gasteiger partial charge >= 0.3 is 0 Å². The van der Waals surface area contributed by atoms with Crippen molar-refractivity contribution in [1.82, 2.24) is 4.90 Å². The Labute approximate surface area is 124 Å². The molecule has 0 spiro atoms. The molecule has 1 aromatic carbocycles. The molecule has 1 N–H and O–H groups in total. The predicted molar refractivity (Wildman–Crippen MR) is 79.1 cm³/mol. The number of amides is 1. The number of likely N-dealkylation sites (tertiary alicyclic amines) is 1. The maximum absolute atomic E-state index is 13.1. The fourth-order valence-electron chi connectivity index (χ4n) is 2.65. The van der Waals surface area contributed by atoms with E-state index in [9.17, 15) is 13.6 Å². The Morgan fingerprint density at radius 1 is 1.10 bits per heavy atom. The summed E-state index contributed by atoms with van der Waals surface area (Å²) in [6.07, 6.45) is 5.87. The summed E-state index contributed by atoms with van der Waals surface area (Å²) in [5.74, 6) is -2.04. The second-order valence-electron chi connectivity index (χ2n) is 5.60. The second-order valence-corrected chi connectivity index (χ2v) is 5.60. The SMILES string of the molecule is C[C@@H](C(=O)Nc1ccc(F)c(F)c1)N1CCCCCCC1. The largest absolute Gasteiger partial charge is 0.325 e. The van der Waals surface area contributed by atoms with E-state index in [0.717, 1.165) is 38.1 Å². The van der Waals surface area contributed by atoms with Crippen molar-refractivity contribution in [2.45, 2.75) is 45.1 Å². The highest BCUT2D eigenvalue weighted by Crippen LogP contribution is 2.16. The summed E-state index contributed by atoms with van der Waals surface area (Å²) < 4.78 is 26.0. The minimum absolute atomic E-state index is 0.179. The molecule has 1 aliphatic rings. The number of carbonyl (C=O) groups is 1. The standard InChI is InChI=1S/C16H22F2N2O/c1-12(20-9-5-3-2-4-6-10-20)16(21)19-13-7-8-14(17)15(18)11-13/h7-8,11-12H,2-6,9-10H2,1H3,(H,19,21)/t12-/m0/s1. The quantitative estimate of drug-likeness (QED) is 0.925. The summed E-state index contributed by atoms with van der Waals surface area (Å²) in [5.41, 5.74) is 0.290. The van der Waals surface area contributed by atoms with Gasteiger partial charge in [0, 0.05) is 11.8 Å². The van der Waals surface area contributed by atoms with Crippen molar-refractivity contribution in [2.75, 3.05) is 18.4 Å². The lowest BCUT2D eigenvalue weighted by Gasteiger charge is -2.29. The van der Waals surface area contributed by atoms with Gasteiger partial charge in [0.1, 0.15) is 0 Å². The summed E-state index contributed by atoms with van der Waals surface area (Å²) in [6, 6.07) is 3.13. The van der Waals surface area contributed by atoms with Gasteiger partial charge in [-0.3, -0.25) is 9.69 Å². The molecule has 1 aliphatic heterocycles. The van der Waals surface area contributed by atoms with Gasteiger partial charge in [0.25, 0.3) is 0 Å². The first kappa shape index (κ1) is 15.9. The number of benzene rings is 1. The fraction of sp³-hybridized carbons (Fsp3) is 0.562. The van der Waals surface area contributed by atoms with Gasteiger partial charge in [-0.1, -0.05) is 19.3 Å². The van der Waals surface area contributed by atoms with Crippen LogP contribution in [0.3, 0.4) is 0 Å². The van der Waals surface area contributed by atoms with Gasteiger partial charge in [-0.15, -0.1) is 0 Å². The van der Waals surface area contributed by atoms with E-state index < -0.39 is 11.6 Å². The molecule has 0 unspecified atom stereocenters. The van der Waals surface area contributed by atoms with Crippen LogP contribution in [0.15, 0.2) is 18.2 Å². The molecule has 3 nitrogen and oxygen atoms in total. The van der Waals surface area contributed by atoms with E-state index in [0.29, 0.717) is 0 Å². The van der Waals surface area contributed by atoms with Gasteiger partial charge in [-0.25, -0.2) is 8.78 Å². The van der Waals surface area contributed by atoms with Crippen LogP contribution in [-0.2, 0) is 4.79 Å². The van der Waals surface area contributed by atoms with Crippen LogP contribution in [0.1, 0.15) is 39.0 Å². The number of nitrogens with zero attached hydrogens (tertiary/aromatic N) is 1. The van der Waals surface area contributed by atoms with E-state index in [-0.39, 0.29) is 17.6 Å². The number of carbonyl (C=O) groups excluding carboxylic acids is 1. The van der Waals surface area contributed by atoms with Crippen molar-refractivity contribution < 1.29 is 13.6 Å². The van der Waals surface area contributed by atoms with Crippen LogP contribution in [0.4, 0.5) is 14.5 Å². The van der Waals surface area contributed by atoms with Crippen LogP contribution >= 0.6 is 0 Å². The van der Waals surface area contributed by atoms with Gasteiger partial charge in [0.15, 0.2) is 11.6 Å². The average molecular weight is 296 g/mol. The van der Waals surface area contributed by atoms with Gasteiger partial charge < -0.3 is 5.32 Å². The minimum Gasteiger partial charge on any atom is -0.325 e. The maximum Gasteiger partial charge on any atom is 0.241 e. The smallest absolute Gasteiger partial charge is 0.241 e. The van der Waals surface area contributed by atoms with Crippen LogP contribution in [0.25, 0.3) is 0 Å². The Morgan fingerprint density at radius 2 is 1.71 bits per heavy atom. The van der Waals surface area contributed by atoms with Crippen molar-refractivity contribution in [3.8, 4) is 0 Å². The topological polar surface area (TPSA) is 32.3 Å². The van der Waals surface area contributed by atoms with E-state index in [2.05, 4.69) is 10.2 Å². The Balaban J connectivity index is 1.95. The fourth-order valence-corrected chi connectivity index (χ4v) is 2.65. The van der Waals surface area contributed by atoms with Crippen molar-refractivity contribution in [1.29, 1.82) is 0 Å². The van der Waals surface area contributed by atoms with Crippen LogP contribution in [0.2, 0.25) is 0 Å². The molecular weight excluding hydrogens is 274 g/mol. The first-order valence-corrected chi connectivity index (χ1v) is 7.58. The number of hydrogen-bond acceptors (Lipinski definition) is 2. The van der Waals surface area contributed by atoms with Gasteiger partial charge in [-0.2, -0.15) is 0 Å². The maximum atomic E-state index is 13.1. The first-order valence-electron chi connectivity index (χ1n) is 7.58. The molecule has 1 aromatic rings. The molecule has 0 radical (unpaired) electrons. The molecular formula is C16H22F2N2O. The molecule has 0 bridgehead atoms. The van der Waals surface area contributed by atoms with Crippen molar-refractivity contribution in [3.05, 3.63) is 29.8 Å². The van der Waals surface area contributed by atoms with E-state index >= 15 is 0 Å². The summed E-state index contributed by atoms with van der Waals surface area (Å²) in [4.78, 5) is 14.4. The Morgan fingerprint density at radius 3 is 2.33 bits per heavy atom. The minimum atomic E-state index is -0.952. The summed E-state index contributed by atoms with van der Waals surface area (Å²) in [6.45, 7) is 3.68. The number of nitrogens with one attached hydrogen (secondary N) is 1. The zero-order valence-electron chi connectivity index (χ0n) is 12.4. The van der Waals surface area contributed by atoms with Gasteiger partial charge in [0.2, 0.25) is 5.91 Å². The van der Waals surface area contributed by atoms with Crippen LogP contribution in [0, 0.1) is 11.6 Å². The highest BCUT2D eigenvalue weighted by molar-refractivity contribution is 5.94. The third kappa shape index (κ3) is 4.49. The highest BCUT2D eigenvalue weighted by atomic mass is 19.2. The first-order chi connectivity index (χ1) is 10.1. The molecule has 1 heterocycles. The van der Waals surface area contributed by atoms with E-state index in [1.54, 1.807) is 0 Å². The Hall–Kier alpha value is -1.49. The lowest BCUT2D eigenvalue weighted by Crippen LogP contribution is -2.43. The molecule has 5 heteroatoms. The molecule has 1 atom stereocenters. The molecule has 2 rings (SSSR count). The third-order valence-electron chi connectivity index (χ3n) is 4.00. The van der Waals surface area contributed by atoms with E-state index in [1.165, 1.54) is 25.3 Å². The van der Waals surface area contributed by atoms with E-state index in [4.69, 9.17) is 0 Å². The van der Waals surface area contributed by atoms with Crippen LogP contribution in [-0.4, -0.2) is 29.9 Å². The van der Waals surface area contributed by atoms with Gasteiger partial charge in [-0.05, 0) is 45.0 Å². The number of anilines is 1. The second kappa shape index (κ2) is 7.50. The highest BCUT2D eigenvalue weighted by Gasteiger charge is 2.21. The summed E-state index contributed by atoms with van der Waals surface area (Å²) in [7, 11) is 0. The van der Waals surface area contributed by atoms with Gasteiger partial charge in [0.05, 0.1) is 6.04 Å². The number of halogens is 2. The van der Waals surface area contributed by atoms with E-state index in [1.807, 2.05) is 6.92 Å². The lowest BCUT2D eigenvalue weighted by atomic mass is 10.1. The van der Waals surface area contributed by atoms with Crippen molar-refractivity contribution in [2.24, 2.45) is 0 Å². The van der Waals surface area contributed by atoms with Crippen LogP contribution in [0.5, 0.6) is 0 Å². The Kier molecular flexibility index (Phi) is 5.67. The number of rotatable bonds is 3. The third-order valence-corrected chi connectivity index (χ3v) is 4.00. The normalized spacial score (nSPS) is 18.6. The molecule has 0 aliphatic carbocycles. The summed E-state index contributed by atoms with van der Waals surface area (Å²) >= 11 is 0. The predicted octanol–water partition coefficient (Wildman–Crippen LogP) is 3.56.